The summed E-state index contributed by atoms with van der Waals surface area (Å²) in [7, 11) is 5.58. The van der Waals surface area contributed by atoms with Crippen LogP contribution in [-0.2, 0) is 4.74 Å². The van der Waals surface area contributed by atoms with Crippen molar-refractivity contribution in [1.82, 2.24) is 9.80 Å². The molecule has 4 atom stereocenters. The summed E-state index contributed by atoms with van der Waals surface area (Å²) in [6.07, 6.45) is 2.10. The molecule has 4 rings (SSSR count). The summed E-state index contributed by atoms with van der Waals surface area (Å²) in [4.78, 5) is 32.5. The second kappa shape index (κ2) is 14.7. The van der Waals surface area contributed by atoms with Crippen molar-refractivity contribution in [2.45, 2.75) is 58.3 Å². The molecular formula is C32H46N4O7. The van der Waals surface area contributed by atoms with E-state index in [4.69, 9.17) is 18.9 Å². The molecule has 0 saturated heterocycles. The summed E-state index contributed by atoms with van der Waals surface area (Å²) >= 11 is 0. The number of hydrogen-bond donors (Lipinski definition) is 2. The van der Waals surface area contributed by atoms with Gasteiger partial charge in [0.2, 0.25) is 6.79 Å². The third kappa shape index (κ3) is 8.23. The molecule has 0 bridgehead atoms. The molecular weight excluding hydrogens is 552 g/mol. The number of likely N-dealkylation sites (N-methyl/N-ethyl adjacent to an activating group) is 1. The molecule has 2 aliphatic heterocycles. The normalized spacial score (nSPS) is 21.7. The zero-order valence-electron chi connectivity index (χ0n) is 26.2. The van der Waals surface area contributed by atoms with Crippen molar-refractivity contribution >= 4 is 23.3 Å². The second-order valence-electron chi connectivity index (χ2n) is 11.8. The SMILES string of the molecule is C[C@@H]1CCCCO[C@@H](CN(C)C(=O)Nc2ccc3c(c2)OCO3)[C@H](C)CN([C@@H](C)CO)C(=O)c2cc(N(C)C)ccc2O1. The van der Waals surface area contributed by atoms with Gasteiger partial charge in [0, 0.05) is 64.2 Å². The van der Waals surface area contributed by atoms with Crippen LogP contribution >= 0.6 is 0 Å². The van der Waals surface area contributed by atoms with Crippen molar-refractivity contribution in [3.8, 4) is 17.2 Å². The highest BCUT2D eigenvalue weighted by atomic mass is 16.7. The van der Waals surface area contributed by atoms with Gasteiger partial charge in [-0.2, -0.15) is 0 Å². The number of nitrogens with zero attached hydrogens (tertiary/aromatic N) is 3. The largest absolute Gasteiger partial charge is 0.490 e. The van der Waals surface area contributed by atoms with E-state index < -0.39 is 6.04 Å². The van der Waals surface area contributed by atoms with E-state index in [1.54, 1.807) is 35.0 Å². The number of benzene rings is 2. The van der Waals surface area contributed by atoms with Gasteiger partial charge in [-0.05, 0) is 63.4 Å². The summed E-state index contributed by atoms with van der Waals surface area (Å²) in [5.41, 5.74) is 1.94. The maximum absolute atomic E-state index is 14.1. The Labute approximate surface area is 254 Å². The average Bonchev–Trinajstić information content (AvgIpc) is 3.45. The first-order valence-corrected chi connectivity index (χ1v) is 15.0. The van der Waals surface area contributed by atoms with Crippen molar-refractivity contribution in [3.63, 3.8) is 0 Å². The van der Waals surface area contributed by atoms with Crippen LogP contribution < -0.4 is 24.4 Å². The molecule has 0 spiro atoms. The lowest BCUT2D eigenvalue weighted by atomic mass is 10.0. The van der Waals surface area contributed by atoms with Crippen LogP contribution in [0.15, 0.2) is 36.4 Å². The summed E-state index contributed by atoms with van der Waals surface area (Å²) < 4.78 is 23.4. The third-order valence-electron chi connectivity index (χ3n) is 7.98. The molecule has 0 radical (unpaired) electrons. The summed E-state index contributed by atoms with van der Waals surface area (Å²) in [5, 5.41) is 13.0. The molecule has 11 heteroatoms. The first-order valence-electron chi connectivity index (χ1n) is 15.0. The lowest BCUT2D eigenvalue weighted by molar-refractivity contribution is -0.0115. The maximum atomic E-state index is 14.1. The molecule has 2 aromatic carbocycles. The highest BCUT2D eigenvalue weighted by molar-refractivity contribution is 5.98. The number of carbonyl (C=O) groups is 2. The molecule has 0 aromatic heterocycles. The summed E-state index contributed by atoms with van der Waals surface area (Å²) in [6.45, 7) is 6.97. The Balaban J connectivity index is 1.55. The molecule has 43 heavy (non-hydrogen) atoms. The molecule has 236 valence electrons. The monoisotopic (exact) mass is 598 g/mol. The first kappa shape index (κ1) is 32.2. The van der Waals surface area contributed by atoms with Crippen molar-refractivity contribution in [1.29, 1.82) is 0 Å². The lowest BCUT2D eigenvalue weighted by Crippen LogP contribution is -2.48. The van der Waals surface area contributed by atoms with Gasteiger partial charge in [-0.1, -0.05) is 6.92 Å². The Hall–Kier alpha value is -3.70. The van der Waals surface area contributed by atoms with Gasteiger partial charge < -0.3 is 44.1 Å². The second-order valence-corrected chi connectivity index (χ2v) is 11.8. The molecule has 2 aliphatic rings. The van der Waals surface area contributed by atoms with Gasteiger partial charge in [-0.3, -0.25) is 4.79 Å². The van der Waals surface area contributed by atoms with E-state index in [1.165, 1.54) is 0 Å². The van der Waals surface area contributed by atoms with Gasteiger partial charge >= 0.3 is 6.03 Å². The number of amides is 3. The number of urea groups is 1. The first-order chi connectivity index (χ1) is 20.6. The third-order valence-corrected chi connectivity index (χ3v) is 7.98. The van der Waals surface area contributed by atoms with Gasteiger partial charge in [0.1, 0.15) is 5.75 Å². The van der Waals surface area contributed by atoms with E-state index in [1.807, 2.05) is 58.0 Å². The molecule has 3 amide bonds. The molecule has 2 N–H and O–H groups in total. The van der Waals surface area contributed by atoms with Gasteiger partial charge in [0.25, 0.3) is 5.91 Å². The van der Waals surface area contributed by atoms with Crippen LogP contribution in [0.1, 0.15) is 50.4 Å². The van der Waals surface area contributed by atoms with Gasteiger partial charge in [0.05, 0.1) is 30.4 Å². The van der Waals surface area contributed by atoms with Crippen LogP contribution in [0.25, 0.3) is 0 Å². The van der Waals surface area contributed by atoms with Crippen LogP contribution in [0.2, 0.25) is 0 Å². The fourth-order valence-corrected chi connectivity index (χ4v) is 5.20. The van der Waals surface area contributed by atoms with E-state index in [-0.39, 0.29) is 43.5 Å². The van der Waals surface area contributed by atoms with Crippen LogP contribution in [0, 0.1) is 5.92 Å². The van der Waals surface area contributed by atoms with Gasteiger partial charge in [-0.25, -0.2) is 4.79 Å². The fraction of sp³-hybridized carbons (Fsp3) is 0.562. The Morgan fingerprint density at radius 2 is 1.81 bits per heavy atom. The Morgan fingerprint density at radius 1 is 1.07 bits per heavy atom. The van der Waals surface area contributed by atoms with Crippen molar-refractivity contribution in [2.75, 3.05) is 64.5 Å². The number of nitrogens with one attached hydrogen (secondary N) is 1. The van der Waals surface area contributed by atoms with Crippen molar-refractivity contribution in [2.24, 2.45) is 5.92 Å². The van der Waals surface area contributed by atoms with E-state index in [2.05, 4.69) is 5.32 Å². The molecule has 0 unspecified atom stereocenters. The minimum atomic E-state index is -0.441. The summed E-state index contributed by atoms with van der Waals surface area (Å²) in [6, 6.07) is 10.2. The van der Waals surface area contributed by atoms with Gasteiger partial charge in [-0.15, -0.1) is 0 Å². The Bertz CT molecular complexity index is 1260. The number of ether oxygens (including phenoxy) is 4. The topological polar surface area (TPSA) is 113 Å². The van der Waals surface area contributed by atoms with Crippen LogP contribution in [0.5, 0.6) is 17.2 Å². The quantitative estimate of drug-likeness (QED) is 0.502. The molecule has 0 fully saturated rings. The molecule has 0 aliphatic carbocycles. The number of hydrogen-bond acceptors (Lipinski definition) is 8. The van der Waals surface area contributed by atoms with Crippen LogP contribution in [0.3, 0.4) is 0 Å². The van der Waals surface area contributed by atoms with Crippen LogP contribution in [-0.4, -0.2) is 99.3 Å². The number of carbonyl (C=O) groups excluding carboxylic acids is 2. The minimum absolute atomic E-state index is 0.0934. The number of rotatable bonds is 6. The van der Waals surface area contributed by atoms with E-state index in [0.717, 1.165) is 24.9 Å². The van der Waals surface area contributed by atoms with Crippen molar-refractivity contribution in [3.05, 3.63) is 42.0 Å². The Kier molecular flexibility index (Phi) is 11.0. The predicted octanol–water partition coefficient (Wildman–Crippen LogP) is 4.44. The van der Waals surface area contributed by atoms with Crippen LogP contribution in [0.4, 0.5) is 16.2 Å². The molecule has 0 saturated carbocycles. The van der Waals surface area contributed by atoms with E-state index in [0.29, 0.717) is 48.2 Å². The standard InChI is InChI=1S/C32H46N4O7/c1-21-17-36(22(2)19-37)31(38)26-16-25(34(4)5)11-13-27(26)43-23(3)9-7-8-14-40-30(21)18-35(6)32(39)33-24-10-12-28-29(15-24)42-20-41-28/h10-13,15-16,21-23,30,37H,7-9,14,17-20H2,1-6H3,(H,33,39)/t21-,22+,23-,30+/m1/s1. The smallest absolute Gasteiger partial charge is 0.321 e. The number of fused-ring (bicyclic) bond motifs is 2. The average molecular weight is 599 g/mol. The Morgan fingerprint density at radius 3 is 2.56 bits per heavy atom. The van der Waals surface area contributed by atoms with Gasteiger partial charge in [0.15, 0.2) is 11.5 Å². The zero-order valence-corrected chi connectivity index (χ0v) is 26.2. The molecule has 11 nitrogen and oxygen atoms in total. The molecule has 2 heterocycles. The predicted molar refractivity (Wildman–Crippen MR) is 165 cm³/mol. The van der Waals surface area contributed by atoms with Crippen molar-refractivity contribution < 1.29 is 33.6 Å². The number of aliphatic hydroxyl groups is 1. The van der Waals surface area contributed by atoms with E-state index in [9.17, 15) is 14.7 Å². The maximum Gasteiger partial charge on any atom is 0.321 e. The zero-order chi connectivity index (χ0) is 31.1. The minimum Gasteiger partial charge on any atom is -0.490 e. The molecule has 2 aromatic rings. The lowest BCUT2D eigenvalue weighted by Gasteiger charge is -2.36. The summed E-state index contributed by atoms with van der Waals surface area (Å²) in [5.74, 6) is 1.40. The highest BCUT2D eigenvalue weighted by Crippen LogP contribution is 2.34. The van der Waals surface area contributed by atoms with E-state index >= 15 is 0 Å². The highest BCUT2D eigenvalue weighted by Gasteiger charge is 2.31. The number of aliphatic hydroxyl groups excluding tert-OH is 1. The fourth-order valence-electron chi connectivity index (χ4n) is 5.20. The number of anilines is 2.